The van der Waals surface area contributed by atoms with Crippen LogP contribution < -0.4 is 0 Å². The number of rotatable bonds is 3. The number of ether oxygens (including phenoxy) is 1. The third kappa shape index (κ3) is 4.32. The van der Waals surface area contributed by atoms with E-state index in [2.05, 4.69) is 0 Å². The van der Waals surface area contributed by atoms with Crippen molar-refractivity contribution in [3.8, 4) is 0 Å². The van der Waals surface area contributed by atoms with E-state index in [9.17, 15) is 19.5 Å². The van der Waals surface area contributed by atoms with E-state index in [1.165, 1.54) is 0 Å². The number of morpholine rings is 1. The van der Waals surface area contributed by atoms with Crippen LogP contribution in [-0.2, 0) is 19.1 Å². The lowest BCUT2D eigenvalue weighted by molar-refractivity contribution is -0.147. The zero-order valence-corrected chi connectivity index (χ0v) is 14.7. The van der Waals surface area contributed by atoms with Gasteiger partial charge in [-0.3, -0.25) is 14.4 Å². The zero-order chi connectivity index (χ0) is 17.8. The molecule has 2 heterocycles. The number of carbonyl (C=O) groups is 3. The van der Waals surface area contributed by atoms with Crippen LogP contribution in [-0.4, -0.2) is 72.1 Å². The van der Waals surface area contributed by atoms with Gasteiger partial charge in [-0.1, -0.05) is 6.42 Å². The molecule has 3 aliphatic rings. The maximum atomic E-state index is 12.9. The minimum atomic E-state index is -0.795. The molecule has 0 spiro atoms. The Morgan fingerprint density at radius 1 is 0.800 bits per heavy atom. The maximum absolute atomic E-state index is 12.9. The lowest BCUT2D eigenvalue weighted by Gasteiger charge is -2.38. The number of carboxylic acid groups (broad SMARTS) is 1. The molecule has 25 heavy (non-hydrogen) atoms. The predicted molar refractivity (Wildman–Crippen MR) is 89.8 cm³/mol. The van der Waals surface area contributed by atoms with Gasteiger partial charge >= 0.3 is 5.97 Å². The molecule has 7 heteroatoms. The van der Waals surface area contributed by atoms with Crippen LogP contribution in [0.2, 0.25) is 0 Å². The van der Waals surface area contributed by atoms with Gasteiger partial charge in [0.2, 0.25) is 11.8 Å². The summed E-state index contributed by atoms with van der Waals surface area (Å²) in [4.78, 5) is 40.4. The highest BCUT2D eigenvalue weighted by Gasteiger charge is 2.37. The molecule has 2 amide bonds. The van der Waals surface area contributed by atoms with Crippen LogP contribution in [0.3, 0.4) is 0 Å². The van der Waals surface area contributed by atoms with Crippen molar-refractivity contribution in [2.45, 2.75) is 38.5 Å². The van der Waals surface area contributed by atoms with Gasteiger partial charge in [-0.15, -0.1) is 0 Å². The third-order valence-electron chi connectivity index (χ3n) is 5.78. The third-order valence-corrected chi connectivity index (χ3v) is 5.78. The second-order valence-electron chi connectivity index (χ2n) is 7.46. The number of aliphatic carboxylic acids is 1. The Morgan fingerprint density at radius 3 is 2.16 bits per heavy atom. The van der Waals surface area contributed by atoms with Crippen molar-refractivity contribution in [1.82, 2.24) is 9.80 Å². The Kier molecular flexibility index (Phi) is 5.93. The Bertz CT molecular complexity index is 518. The van der Waals surface area contributed by atoms with Gasteiger partial charge < -0.3 is 19.6 Å². The molecule has 3 rings (SSSR count). The first-order chi connectivity index (χ1) is 12.1. The van der Waals surface area contributed by atoms with E-state index >= 15 is 0 Å². The van der Waals surface area contributed by atoms with Gasteiger partial charge in [-0.2, -0.15) is 0 Å². The number of nitrogens with zero attached hydrogens (tertiary/aromatic N) is 2. The SMILES string of the molecule is O=C(O)C1CCCC(C(=O)N2CCCC(C(=O)N3CCOCC3)C2)C1. The molecular formula is C18H28N2O5. The van der Waals surface area contributed by atoms with Crippen molar-refractivity contribution in [3.05, 3.63) is 0 Å². The number of carboxylic acids is 1. The molecule has 0 radical (unpaired) electrons. The number of amides is 2. The molecular weight excluding hydrogens is 324 g/mol. The second-order valence-corrected chi connectivity index (χ2v) is 7.46. The fourth-order valence-electron chi connectivity index (χ4n) is 4.32. The fraction of sp³-hybridized carbons (Fsp3) is 0.833. The number of hydrogen-bond acceptors (Lipinski definition) is 4. The van der Waals surface area contributed by atoms with E-state index < -0.39 is 11.9 Å². The molecule has 0 aromatic rings. The van der Waals surface area contributed by atoms with Crippen LogP contribution in [0.1, 0.15) is 38.5 Å². The van der Waals surface area contributed by atoms with E-state index in [0.717, 1.165) is 25.7 Å². The summed E-state index contributed by atoms with van der Waals surface area (Å²) in [6.45, 7) is 3.58. The van der Waals surface area contributed by atoms with Crippen LogP contribution >= 0.6 is 0 Å². The maximum Gasteiger partial charge on any atom is 0.306 e. The summed E-state index contributed by atoms with van der Waals surface area (Å²) in [6, 6.07) is 0. The molecule has 140 valence electrons. The van der Waals surface area contributed by atoms with Gasteiger partial charge in [0.05, 0.1) is 25.0 Å². The first-order valence-corrected chi connectivity index (χ1v) is 9.44. The summed E-state index contributed by atoms with van der Waals surface area (Å²) in [6.07, 6.45) is 4.31. The number of piperidine rings is 1. The van der Waals surface area contributed by atoms with Gasteiger partial charge in [0.1, 0.15) is 0 Å². The van der Waals surface area contributed by atoms with Gasteiger partial charge in [-0.05, 0) is 32.1 Å². The van der Waals surface area contributed by atoms with Crippen molar-refractivity contribution in [2.75, 3.05) is 39.4 Å². The Hall–Kier alpha value is -1.63. The van der Waals surface area contributed by atoms with Crippen LogP contribution in [0.5, 0.6) is 0 Å². The predicted octanol–water partition coefficient (Wildman–Crippen LogP) is 0.975. The first kappa shape index (κ1) is 18.2. The average molecular weight is 352 g/mol. The molecule has 7 nitrogen and oxygen atoms in total. The summed E-state index contributed by atoms with van der Waals surface area (Å²) in [7, 11) is 0. The minimum Gasteiger partial charge on any atom is -0.481 e. The summed E-state index contributed by atoms with van der Waals surface area (Å²) in [5, 5.41) is 9.22. The smallest absolute Gasteiger partial charge is 0.306 e. The van der Waals surface area contributed by atoms with E-state index in [1.54, 1.807) is 4.90 Å². The van der Waals surface area contributed by atoms with E-state index in [4.69, 9.17) is 4.74 Å². The highest BCUT2D eigenvalue weighted by atomic mass is 16.5. The van der Waals surface area contributed by atoms with Crippen molar-refractivity contribution in [3.63, 3.8) is 0 Å². The summed E-state index contributed by atoms with van der Waals surface area (Å²) in [5.74, 6) is -1.35. The number of carbonyl (C=O) groups excluding carboxylic acids is 2. The van der Waals surface area contributed by atoms with Crippen LogP contribution in [0.25, 0.3) is 0 Å². The molecule has 2 saturated heterocycles. The summed E-state index contributed by atoms with van der Waals surface area (Å²) < 4.78 is 5.30. The van der Waals surface area contributed by atoms with Gasteiger partial charge in [-0.25, -0.2) is 0 Å². The van der Waals surface area contributed by atoms with E-state index in [-0.39, 0.29) is 23.7 Å². The molecule has 3 atom stereocenters. The quantitative estimate of drug-likeness (QED) is 0.818. The Balaban J connectivity index is 1.57. The molecule has 3 fully saturated rings. The topological polar surface area (TPSA) is 87.2 Å². The fourth-order valence-corrected chi connectivity index (χ4v) is 4.32. The van der Waals surface area contributed by atoms with Crippen molar-refractivity contribution in [2.24, 2.45) is 17.8 Å². The lowest BCUT2D eigenvalue weighted by Crippen LogP contribution is -2.50. The Morgan fingerprint density at radius 2 is 1.44 bits per heavy atom. The Labute approximate surface area is 148 Å². The standard InChI is InChI=1S/C18H28N2O5/c21-16(13-3-1-4-14(11-13)18(23)24)20-6-2-5-15(12-20)17(22)19-7-9-25-10-8-19/h13-15H,1-12H2,(H,23,24). The second kappa shape index (κ2) is 8.17. The zero-order valence-electron chi connectivity index (χ0n) is 14.7. The average Bonchev–Trinajstić information content (AvgIpc) is 2.67. The molecule has 1 aliphatic carbocycles. The van der Waals surface area contributed by atoms with E-state index in [1.807, 2.05) is 4.90 Å². The molecule has 2 aliphatic heterocycles. The molecule has 1 N–H and O–H groups in total. The van der Waals surface area contributed by atoms with Crippen LogP contribution in [0, 0.1) is 17.8 Å². The largest absolute Gasteiger partial charge is 0.481 e. The molecule has 1 saturated carbocycles. The van der Waals surface area contributed by atoms with Crippen LogP contribution in [0.15, 0.2) is 0 Å². The first-order valence-electron chi connectivity index (χ1n) is 9.44. The normalized spacial score (nSPS) is 30.8. The van der Waals surface area contributed by atoms with Gasteiger partial charge in [0, 0.05) is 32.1 Å². The molecule has 3 unspecified atom stereocenters. The summed E-state index contributed by atoms with van der Waals surface area (Å²) >= 11 is 0. The molecule has 0 aromatic carbocycles. The van der Waals surface area contributed by atoms with Crippen molar-refractivity contribution >= 4 is 17.8 Å². The highest BCUT2D eigenvalue weighted by molar-refractivity contribution is 5.83. The molecule has 0 bridgehead atoms. The van der Waals surface area contributed by atoms with Crippen molar-refractivity contribution in [1.29, 1.82) is 0 Å². The van der Waals surface area contributed by atoms with Crippen molar-refractivity contribution < 1.29 is 24.2 Å². The number of likely N-dealkylation sites (tertiary alicyclic amines) is 1. The van der Waals surface area contributed by atoms with Crippen LogP contribution in [0.4, 0.5) is 0 Å². The monoisotopic (exact) mass is 352 g/mol. The molecule has 0 aromatic heterocycles. The highest BCUT2D eigenvalue weighted by Crippen LogP contribution is 2.32. The summed E-state index contributed by atoms with van der Waals surface area (Å²) in [5.41, 5.74) is 0. The van der Waals surface area contributed by atoms with Gasteiger partial charge in [0.25, 0.3) is 0 Å². The number of hydrogen-bond donors (Lipinski definition) is 1. The lowest BCUT2D eigenvalue weighted by atomic mass is 9.80. The van der Waals surface area contributed by atoms with E-state index in [0.29, 0.717) is 52.2 Å². The van der Waals surface area contributed by atoms with Gasteiger partial charge in [0.15, 0.2) is 0 Å². The minimum absolute atomic E-state index is 0.0467.